The fraction of sp³-hybridized carbons (Fsp3) is 0.529. The van der Waals surface area contributed by atoms with Crippen molar-refractivity contribution < 1.29 is 14.3 Å². The first-order valence-electron chi connectivity index (χ1n) is 7.56. The van der Waals surface area contributed by atoms with E-state index in [2.05, 4.69) is 6.92 Å². The van der Waals surface area contributed by atoms with Crippen LogP contribution in [0.5, 0.6) is 0 Å². The summed E-state index contributed by atoms with van der Waals surface area (Å²) in [6.07, 6.45) is 1.78. The van der Waals surface area contributed by atoms with E-state index in [0.717, 1.165) is 18.4 Å². The Morgan fingerprint density at radius 2 is 1.86 bits per heavy atom. The molecule has 1 unspecified atom stereocenters. The van der Waals surface area contributed by atoms with Crippen LogP contribution in [0.3, 0.4) is 0 Å². The van der Waals surface area contributed by atoms with Gasteiger partial charge in [-0.25, -0.2) is 0 Å². The molecule has 4 nitrogen and oxygen atoms in total. The summed E-state index contributed by atoms with van der Waals surface area (Å²) in [7, 11) is 0. The lowest BCUT2D eigenvalue weighted by Crippen LogP contribution is -2.39. The van der Waals surface area contributed by atoms with Crippen molar-refractivity contribution >= 4 is 11.9 Å². The molecule has 0 radical (unpaired) electrons. The molecule has 1 aromatic rings. The molecule has 4 heteroatoms. The normalized spacial score (nSPS) is 11.8. The minimum absolute atomic E-state index is 0.00811. The molecule has 0 bridgehead atoms. The van der Waals surface area contributed by atoms with Gasteiger partial charge in [0.1, 0.15) is 6.54 Å². The van der Waals surface area contributed by atoms with Crippen molar-refractivity contribution in [1.82, 2.24) is 4.90 Å². The molecule has 1 rings (SSSR count). The second-order valence-corrected chi connectivity index (χ2v) is 5.17. The van der Waals surface area contributed by atoms with Crippen molar-refractivity contribution in [1.29, 1.82) is 0 Å². The molecular formula is C17H25NO3. The lowest BCUT2D eigenvalue weighted by molar-refractivity contribution is -0.150. The molecule has 0 aliphatic rings. The lowest BCUT2D eigenvalue weighted by Gasteiger charge is -2.25. The second-order valence-electron chi connectivity index (χ2n) is 5.17. The summed E-state index contributed by atoms with van der Waals surface area (Å²) in [6, 6.07) is 9.70. The van der Waals surface area contributed by atoms with Gasteiger partial charge in [-0.1, -0.05) is 50.6 Å². The van der Waals surface area contributed by atoms with E-state index in [0.29, 0.717) is 13.2 Å². The van der Waals surface area contributed by atoms with Crippen LogP contribution in [-0.4, -0.2) is 29.9 Å². The zero-order chi connectivity index (χ0) is 15.7. The number of nitrogens with zero attached hydrogens (tertiary/aromatic N) is 1. The van der Waals surface area contributed by atoms with Crippen LogP contribution in [0.1, 0.15) is 39.2 Å². The van der Waals surface area contributed by atoms with Gasteiger partial charge in [-0.2, -0.15) is 0 Å². The molecule has 0 saturated heterocycles. The Kier molecular flexibility index (Phi) is 7.51. The van der Waals surface area contributed by atoms with Gasteiger partial charge in [0.05, 0.1) is 6.61 Å². The highest BCUT2D eigenvalue weighted by molar-refractivity contribution is 5.83. The molecule has 21 heavy (non-hydrogen) atoms. The Balaban J connectivity index is 2.78. The lowest BCUT2D eigenvalue weighted by atomic mass is 10.0. The molecule has 0 aromatic heterocycles. The third-order valence-electron chi connectivity index (χ3n) is 3.30. The number of carbonyl (C=O) groups is 2. The van der Waals surface area contributed by atoms with Crippen molar-refractivity contribution in [3.8, 4) is 0 Å². The number of hydrogen-bond acceptors (Lipinski definition) is 3. The molecule has 0 saturated carbocycles. The van der Waals surface area contributed by atoms with Gasteiger partial charge in [-0.15, -0.1) is 0 Å². The van der Waals surface area contributed by atoms with E-state index < -0.39 is 0 Å². The maximum absolute atomic E-state index is 12.5. The first-order valence-corrected chi connectivity index (χ1v) is 7.56. The average Bonchev–Trinajstić information content (AvgIpc) is 2.47. The fourth-order valence-corrected chi connectivity index (χ4v) is 2.25. The SMILES string of the molecule is CCCC(C)C(=O)N(CC(=O)OCC)Cc1ccccc1. The van der Waals surface area contributed by atoms with Gasteiger partial charge in [0.15, 0.2) is 0 Å². The summed E-state index contributed by atoms with van der Waals surface area (Å²) in [5, 5.41) is 0. The van der Waals surface area contributed by atoms with Crippen LogP contribution in [0, 0.1) is 5.92 Å². The molecule has 116 valence electrons. The standard InChI is InChI=1S/C17H25NO3/c1-4-9-14(3)17(20)18(13-16(19)21-5-2)12-15-10-7-6-8-11-15/h6-8,10-11,14H,4-5,9,12-13H2,1-3H3. The van der Waals surface area contributed by atoms with Crippen molar-refractivity contribution in [2.75, 3.05) is 13.2 Å². The van der Waals surface area contributed by atoms with Crippen LogP contribution in [0.2, 0.25) is 0 Å². The van der Waals surface area contributed by atoms with Crippen LogP contribution in [0.4, 0.5) is 0 Å². The molecule has 1 aromatic carbocycles. The number of ether oxygens (including phenoxy) is 1. The monoisotopic (exact) mass is 291 g/mol. The predicted molar refractivity (Wildman–Crippen MR) is 82.6 cm³/mol. The van der Waals surface area contributed by atoms with Crippen molar-refractivity contribution in [3.05, 3.63) is 35.9 Å². The smallest absolute Gasteiger partial charge is 0.325 e. The largest absolute Gasteiger partial charge is 0.465 e. The number of rotatable bonds is 8. The van der Waals surface area contributed by atoms with Crippen LogP contribution >= 0.6 is 0 Å². The van der Waals surface area contributed by atoms with E-state index >= 15 is 0 Å². The Hall–Kier alpha value is -1.84. The molecule has 0 aliphatic heterocycles. The number of esters is 1. The van der Waals surface area contributed by atoms with Gasteiger partial charge in [0.25, 0.3) is 0 Å². The third-order valence-corrected chi connectivity index (χ3v) is 3.30. The first kappa shape index (κ1) is 17.2. The molecule has 0 spiro atoms. The molecule has 0 heterocycles. The maximum Gasteiger partial charge on any atom is 0.325 e. The Morgan fingerprint density at radius 3 is 2.43 bits per heavy atom. The fourth-order valence-electron chi connectivity index (χ4n) is 2.25. The summed E-state index contributed by atoms with van der Waals surface area (Å²) in [5.74, 6) is -0.424. The number of benzene rings is 1. The molecule has 0 aliphatic carbocycles. The highest BCUT2D eigenvalue weighted by atomic mass is 16.5. The quantitative estimate of drug-likeness (QED) is 0.692. The van der Waals surface area contributed by atoms with Crippen LogP contribution in [-0.2, 0) is 20.9 Å². The third kappa shape index (κ3) is 5.98. The zero-order valence-electron chi connectivity index (χ0n) is 13.2. The van der Waals surface area contributed by atoms with E-state index in [1.165, 1.54) is 0 Å². The van der Waals surface area contributed by atoms with E-state index in [-0.39, 0.29) is 24.3 Å². The molecule has 0 N–H and O–H groups in total. The molecule has 0 fully saturated rings. The van der Waals surface area contributed by atoms with E-state index in [4.69, 9.17) is 4.74 Å². The summed E-state index contributed by atoms with van der Waals surface area (Å²) in [5.41, 5.74) is 1.01. The topological polar surface area (TPSA) is 46.6 Å². The number of hydrogen-bond donors (Lipinski definition) is 0. The van der Waals surface area contributed by atoms with Gasteiger partial charge in [-0.05, 0) is 18.9 Å². The minimum Gasteiger partial charge on any atom is -0.465 e. The van der Waals surface area contributed by atoms with E-state index in [1.54, 1.807) is 11.8 Å². The summed E-state index contributed by atoms with van der Waals surface area (Å²) < 4.78 is 4.97. The van der Waals surface area contributed by atoms with Crippen molar-refractivity contribution in [3.63, 3.8) is 0 Å². The Bertz CT molecular complexity index is 445. The average molecular weight is 291 g/mol. The highest BCUT2D eigenvalue weighted by Gasteiger charge is 2.22. The van der Waals surface area contributed by atoms with Gasteiger partial charge >= 0.3 is 5.97 Å². The van der Waals surface area contributed by atoms with Crippen LogP contribution in [0.15, 0.2) is 30.3 Å². The highest BCUT2D eigenvalue weighted by Crippen LogP contribution is 2.13. The van der Waals surface area contributed by atoms with Gasteiger partial charge in [0, 0.05) is 12.5 Å². The van der Waals surface area contributed by atoms with E-state index in [9.17, 15) is 9.59 Å². The maximum atomic E-state index is 12.5. The Morgan fingerprint density at radius 1 is 1.19 bits per heavy atom. The zero-order valence-corrected chi connectivity index (χ0v) is 13.2. The van der Waals surface area contributed by atoms with Crippen molar-refractivity contribution in [2.45, 2.75) is 40.2 Å². The van der Waals surface area contributed by atoms with E-state index in [1.807, 2.05) is 37.3 Å². The molecule has 1 amide bonds. The van der Waals surface area contributed by atoms with Gasteiger partial charge < -0.3 is 9.64 Å². The predicted octanol–water partition coefficient (Wildman–Crippen LogP) is 3.01. The van der Waals surface area contributed by atoms with Crippen molar-refractivity contribution in [2.24, 2.45) is 5.92 Å². The van der Waals surface area contributed by atoms with Crippen LogP contribution in [0.25, 0.3) is 0 Å². The Labute approximate surface area is 127 Å². The summed E-state index contributed by atoms with van der Waals surface area (Å²) >= 11 is 0. The summed E-state index contributed by atoms with van der Waals surface area (Å²) in [6.45, 7) is 6.51. The second kappa shape index (κ2) is 9.16. The molecule has 1 atom stereocenters. The number of amides is 1. The summed E-state index contributed by atoms with van der Waals surface area (Å²) in [4.78, 5) is 25.8. The minimum atomic E-state index is -0.356. The number of carbonyl (C=O) groups excluding carboxylic acids is 2. The first-order chi connectivity index (χ1) is 10.1. The van der Waals surface area contributed by atoms with Gasteiger partial charge in [-0.3, -0.25) is 9.59 Å². The molecular weight excluding hydrogens is 266 g/mol. The van der Waals surface area contributed by atoms with Crippen LogP contribution < -0.4 is 0 Å². The van der Waals surface area contributed by atoms with Gasteiger partial charge in [0.2, 0.25) is 5.91 Å².